The summed E-state index contributed by atoms with van der Waals surface area (Å²) in [6.45, 7) is 1.28. The monoisotopic (exact) mass is 411 g/mol. The molecule has 0 saturated carbocycles. The Hall–Kier alpha value is -3.38. The van der Waals surface area contributed by atoms with Crippen molar-refractivity contribution < 1.29 is 23.5 Å². The second-order valence-electron chi connectivity index (χ2n) is 6.24. The van der Waals surface area contributed by atoms with Gasteiger partial charge in [0.2, 0.25) is 5.76 Å². The first-order valence-electron chi connectivity index (χ1n) is 8.82. The highest BCUT2D eigenvalue weighted by molar-refractivity contribution is 6.31. The topological polar surface area (TPSA) is 85.6 Å². The standard InChI is InChI=1S/C22H18ClNO5/c1-14(25)15-6-8-16(9-7-15)19-10-11-20(29-19)22(27)28-13-21(26)24-12-17-4-2-3-5-18(17)23/h2-11H,12-13H2,1H3,(H,24,26). The largest absolute Gasteiger partial charge is 0.450 e. The summed E-state index contributed by atoms with van der Waals surface area (Å²) in [5.41, 5.74) is 2.06. The van der Waals surface area contributed by atoms with Crippen LogP contribution in [0, 0.1) is 0 Å². The van der Waals surface area contributed by atoms with E-state index in [4.69, 9.17) is 20.8 Å². The van der Waals surface area contributed by atoms with E-state index in [1.54, 1.807) is 48.5 Å². The second kappa shape index (κ2) is 9.21. The van der Waals surface area contributed by atoms with E-state index in [-0.39, 0.29) is 18.1 Å². The van der Waals surface area contributed by atoms with Gasteiger partial charge in [-0.1, -0.05) is 54.1 Å². The molecule has 0 atom stereocenters. The van der Waals surface area contributed by atoms with Crippen LogP contribution < -0.4 is 5.32 Å². The minimum atomic E-state index is -0.746. The van der Waals surface area contributed by atoms with E-state index in [2.05, 4.69) is 5.32 Å². The molecule has 0 saturated heterocycles. The molecule has 6 nitrogen and oxygen atoms in total. The number of ether oxygens (including phenoxy) is 1. The van der Waals surface area contributed by atoms with Gasteiger partial charge in [0, 0.05) is 22.7 Å². The Morgan fingerprint density at radius 1 is 1.00 bits per heavy atom. The molecule has 0 unspecified atom stereocenters. The molecule has 2 aromatic carbocycles. The van der Waals surface area contributed by atoms with Gasteiger partial charge in [0.05, 0.1) is 0 Å². The van der Waals surface area contributed by atoms with Crippen LogP contribution in [0.3, 0.4) is 0 Å². The Morgan fingerprint density at radius 3 is 2.41 bits per heavy atom. The van der Waals surface area contributed by atoms with Crippen molar-refractivity contribution in [2.75, 3.05) is 6.61 Å². The van der Waals surface area contributed by atoms with E-state index < -0.39 is 18.5 Å². The number of amides is 1. The van der Waals surface area contributed by atoms with Crippen molar-refractivity contribution in [3.63, 3.8) is 0 Å². The number of halogens is 1. The number of hydrogen-bond donors (Lipinski definition) is 1. The van der Waals surface area contributed by atoms with Gasteiger partial charge < -0.3 is 14.5 Å². The Morgan fingerprint density at radius 2 is 1.72 bits per heavy atom. The molecule has 1 aromatic heterocycles. The van der Waals surface area contributed by atoms with Crippen LogP contribution in [0.5, 0.6) is 0 Å². The van der Waals surface area contributed by atoms with Crippen LogP contribution in [0.25, 0.3) is 11.3 Å². The zero-order valence-corrected chi connectivity index (χ0v) is 16.4. The van der Waals surface area contributed by atoms with Gasteiger partial charge in [-0.25, -0.2) is 4.79 Å². The minimum Gasteiger partial charge on any atom is -0.450 e. The third-order valence-electron chi connectivity index (χ3n) is 4.15. The highest BCUT2D eigenvalue weighted by Crippen LogP contribution is 2.23. The maximum absolute atomic E-state index is 12.1. The molecule has 0 fully saturated rings. The van der Waals surface area contributed by atoms with Gasteiger partial charge in [0.15, 0.2) is 12.4 Å². The van der Waals surface area contributed by atoms with Gasteiger partial charge in [-0.15, -0.1) is 0 Å². The van der Waals surface area contributed by atoms with E-state index in [0.29, 0.717) is 21.9 Å². The molecule has 0 aliphatic heterocycles. The second-order valence-corrected chi connectivity index (χ2v) is 6.65. The van der Waals surface area contributed by atoms with Crippen LogP contribution in [0.2, 0.25) is 5.02 Å². The summed E-state index contributed by atoms with van der Waals surface area (Å²) in [5, 5.41) is 3.18. The van der Waals surface area contributed by atoms with Gasteiger partial charge in [-0.3, -0.25) is 9.59 Å². The lowest BCUT2D eigenvalue weighted by atomic mass is 10.1. The summed E-state index contributed by atoms with van der Waals surface area (Å²) >= 11 is 6.03. The van der Waals surface area contributed by atoms with Crippen LogP contribution in [-0.4, -0.2) is 24.3 Å². The molecule has 0 aliphatic carbocycles. The summed E-state index contributed by atoms with van der Waals surface area (Å²) in [6, 6.07) is 17.0. The number of esters is 1. The summed E-state index contributed by atoms with van der Waals surface area (Å²) in [7, 11) is 0. The van der Waals surface area contributed by atoms with Crippen LogP contribution in [0.1, 0.15) is 33.4 Å². The van der Waals surface area contributed by atoms with E-state index in [0.717, 1.165) is 5.56 Å². The molecule has 0 spiro atoms. The molecule has 3 rings (SSSR count). The molecule has 0 bridgehead atoms. The number of Topliss-reactive ketones (excluding diaryl/α,β-unsaturated/α-hetero) is 1. The Kier molecular flexibility index (Phi) is 6.46. The maximum Gasteiger partial charge on any atom is 0.374 e. The van der Waals surface area contributed by atoms with Crippen molar-refractivity contribution in [1.82, 2.24) is 5.32 Å². The summed E-state index contributed by atoms with van der Waals surface area (Å²) in [6.07, 6.45) is 0. The van der Waals surface area contributed by atoms with Crippen molar-refractivity contribution in [2.24, 2.45) is 0 Å². The third kappa shape index (κ3) is 5.33. The number of rotatable bonds is 7. The zero-order chi connectivity index (χ0) is 20.8. The summed E-state index contributed by atoms with van der Waals surface area (Å²) < 4.78 is 10.5. The van der Waals surface area contributed by atoms with Crippen molar-refractivity contribution in [2.45, 2.75) is 13.5 Å². The lowest BCUT2D eigenvalue weighted by Crippen LogP contribution is -2.28. The molecule has 0 radical (unpaired) electrons. The van der Waals surface area contributed by atoms with Gasteiger partial charge in [-0.05, 0) is 30.7 Å². The van der Waals surface area contributed by atoms with E-state index in [9.17, 15) is 14.4 Å². The van der Waals surface area contributed by atoms with Crippen molar-refractivity contribution >= 4 is 29.3 Å². The molecule has 0 aliphatic rings. The van der Waals surface area contributed by atoms with Gasteiger partial charge in [0.25, 0.3) is 5.91 Å². The predicted octanol–water partition coefficient (Wildman–Crippen LogP) is 4.28. The average Bonchev–Trinajstić information content (AvgIpc) is 3.22. The van der Waals surface area contributed by atoms with E-state index >= 15 is 0 Å². The van der Waals surface area contributed by atoms with Crippen molar-refractivity contribution in [3.05, 3.63) is 82.6 Å². The number of nitrogens with one attached hydrogen (secondary N) is 1. The molecular formula is C22H18ClNO5. The molecule has 29 heavy (non-hydrogen) atoms. The van der Waals surface area contributed by atoms with Gasteiger partial charge in [0.1, 0.15) is 5.76 Å². The smallest absolute Gasteiger partial charge is 0.374 e. The number of carbonyl (C=O) groups excluding carboxylic acids is 3. The first-order valence-corrected chi connectivity index (χ1v) is 9.20. The first kappa shape index (κ1) is 20.4. The van der Waals surface area contributed by atoms with Crippen LogP contribution in [0.15, 0.2) is 65.1 Å². The summed E-state index contributed by atoms with van der Waals surface area (Å²) in [5.74, 6) is -0.799. The van der Waals surface area contributed by atoms with Crippen LogP contribution in [-0.2, 0) is 16.1 Å². The number of carbonyl (C=O) groups is 3. The Labute approximate surface area is 172 Å². The molecule has 7 heteroatoms. The minimum absolute atomic E-state index is 0.0189. The quantitative estimate of drug-likeness (QED) is 0.463. The highest BCUT2D eigenvalue weighted by atomic mass is 35.5. The van der Waals surface area contributed by atoms with Crippen molar-refractivity contribution in [3.8, 4) is 11.3 Å². The van der Waals surface area contributed by atoms with E-state index in [1.807, 2.05) is 6.07 Å². The number of ketones is 1. The molecule has 1 amide bonds. The number of hydrogen-bond acceptors (Lipinski definition) is 5. The van der Waals surface area contributed by atoms with Crippen LogP contribution >= 0.6 is 11.6 Å². The Balaban J connectivity index is 1.53. The predicted molar refractivity (Wildman–Crippen MR) is 108 cm³/mol. The molecule has 148 valence electrons. The zero-order valence-electron chi connectivity index (χ0n) is 15.6. The number of furan rings is 1. The summed E-state index contributed by atoms with van der Waals surface area (Å²) in [4.78, 5) is 35.3. The van der Waals surface area contributed by atoms with Gasteiger partial charge >= 0.3 is 5.97 Å². The van der Waals surface area contributed by atoms with Crippen molar-refractivity contribution in [1.29, 1.82) is 0 Å². The normalized spacial score (nSPS) is 10.4. The highest BCUT2D eigenvalue weighted by Gasteiger charge is 2.15. The van der Waals surface area contributed by atoms with E-state index in [1.165, 1.54) is 13.0 Å². The fraction of sp³-hybridized carbons (Fsp3) is 0.136. The fourth-order valence-corrected chi connectivity index (χ4v) is 2.76. The maximum atomic E-state index is 12.1. The Bertz CT molecular complexity index is 1040. The first-order chi connectivity index (χ1) is 13.9. The molecule has 3 aromatic rings. The molecule has 1 heterocycles. The molecule has 1 N–H and O–H groups in total. The third-order valence-corrected chi connectivity index (χ3v) is 4.52. The average molecular weight is 412 g/mol. The van der Waals surface area contributed by atoms with Crippen LogP contribution in [0.4, 0.5) is 0 Å². The SMILES string of the molecule is CC(=O)c1ccc(-c2ccc(C(=O)OCC(=O)NCc3ccccc3Cl)o2)cc1. The fourth-order valence-electron chi connectivity index (χ4n) is 2.56. The van der Waals surface area contributed by atoms with Gasteiger partial charge in [-0.2, -0.15) is 0 Å². The lowest BCUT2D eigenvalue weighted by molar-refractivity contribution is -0.124. The number of benzene rings is 2. The molecular weight excluding hydrogens is 394 g/mol. The lowest BCUT2D eigenvalue weighted by Gasteiger charge is -2.07.